The highest BCUT2D eigenvalue weighted by Crippen LogP contribution is 2.31. The molecule has 0 aliphatic heterocycles. The van der Waals surface area contributed by atoms with E-state index in [0.29, 0.717) is 35.5 Å². The van der Waals surface area contributed by atoms with Crippen molar-refractivity contribution in [2.45, 2.75) is 6.61 Å². The maximum absolute atomic E-state index is 6.12. The first kappa shape index (κ1) is 21.0. The van der Waals surface area contributed by atoms with E-state index < -0.39 is 0 Å². The molecule has 0 bridgehead atoms. The number of nitrogen functional groups attached to an aromatic ring is 1. The summed E-state index contributed by atoms with van der Waals surface area (Å²) < 4.78 is 16.6. The molecule has 0 aliphatic rings. The molecule has 0 unspecified atom stereocenters. The van der Waals surface area contributed by atoms with Crippen LogP contribution in [-0.2, 0) is 6.61 Å². The van der Waals surface area contributed by atoms with E-state index in [9.17, 15) is 0 Å². The molecule has 162 valence electrons. The van der Waals surface area contributed by atoms with Crippen LogP contribution in [0.15, 0.2) is 79.0 Å². The molecule has 0 saturated carbocycles. The van der Waals surface area contributed by atoms with Gasteiger partial charge in [0.2, 0.25) is 5.95 Å². The van der Waals surface area contributed by atoms with Crippen LogP contribution in [0.2, 0.25) is 0 Å². The smallest absolute Gasteiger partial charge is 0.227 e. The van der Waals surface area contributed by atoms with E-state index >= 15 is 0 Å². The van der Waals surface area contributed by atoms with Crippen molar-refractivity contribution in [3.05, 3.63) is 84.6 Å². The highest BCUT2D eigenvalue weighted by Gasteiger charge is 2.09. The Hall–Kier alpha value is -4.26. The van der Waals surface area contributed by atoms with Gasteiger partial charge in [0.25, 0.3) is 0 Å². The molecular weight excluding hydrogens is 404 g/mol. The minimum absolute atomic E-state index is 0.448. The molecule has 1 heterocycles. The number of hydrogen-bond donors (Lipinski definition) is 2. The summed E-state index contributed by atoms with van der Waals surface area (Å²) in [6.45, 7) is 0.458. The third-order valence-electron chi connectivity index (χ3n) is 4.77. The molecule has 1 aromatic heterocycles. The van der Waals surface area contributed by atoms with Crippen LogP contribution < -0.4 is 25.3 Å². The van der Waals surface area contributed by atoms with Gasteiger partial charge in [-0.25, -0.2) is 9.97 Å². The fourth-order valence-corrected chi connectivity index (χ4v) is 3.22. The van der Waals surface area contributed by atoms with Crippen LogP contribution in [0.3, 0.4) is 0 Å². The second-order valence-corrected chi connectivity index (χ2v) is 7.03. The van der Waals surface area contributed by atoms with Gasteiger partial charge in [-0.1, -0.05) is 30.3 Å². The second-order valence-electron chi connectivity index (χ2n) is 7.03. The minimum atomic E-state index is 0.448. The Labute approximate surface area is 186 Å². The zero-order valence-electron chi connectivity index (χ0n) is 17.9. The summed E-state index contributed by atoms with van der Waals surface area (Å²) in [6, 6.07) is 22.9. The number of hydrogen-bond acceptors (Lipinski definition) is 7. The fourth-order valence-electron chi connectivity index (χ4n) is 3.22. The molecular formula is C25H24N4O3. The molecule has 0 radical (unpaired) electrons. The quantitative estimate of drug-likeness (QED) is 0.379. The van der Waals surface area contributed by atoms with Gasteiger partial charge in [0.15, 0.2) is 11.5 Å². The van der Waals surface area contributed by atoms with Gasteiger partial charge in [-0.2, -0.15) is 0 Å². The summed E-state index contributed by atoms with van der Waals surface area (Å²) in [5.74, 6) is 2.39. The Morgan fingerprint density at radius 1 is 0.875 bits per heavy atom. The van der Waals surface area contributed by atoms with Gasteiger partial charge in [0.05, 0.1) is 19.9 Å². The molecule has 0 fully saturated rings. The standard InChI is InChI=1S/C25H24N4O3/c1-30-23-9-8-20(15-24(23)31-2)28-25-27-11-10-22(29-25)18-12-19(26)14-21(13-18)32-16-17-6-4-3-5-7-17/h3-15H,16,26H2,1-2H3,(H,27,28,29). The maximum Gasteiger partial charge on any atom is 0.227 e. The molecule has 7 nitrogen and oxygen atoms in total. The largest absolute Gasteiger partial charge is 0.493 e. The predicted molar refractivity (Wildman–Crippen MR) is 125 cm³/mol. The van der Waals surface area contributed by atoms with Crippen LogP contribution >= 0.6 is 0 Å². The van der Waals surface area contributed by atoms with E-state index in [2.05, 4.69) is 15.3 Å². The Kier molecular flexibility index (Phi) is 6.36. The Balaban J connectivity index is 1.54. The Bertz CT molecular complexity index is 1200. The molecule has 4 aromatic rings. The number of aromatic nitrogens is 2. The van der Waals surface area contributed by atoms with Crippen LogP contribution in [0, 0.1) is 0 Å². The lowest BCUT2D eigenvalue weighted by Crippen LogP contribution is -2.00. The lowest BCUT2D eigenvalue weighted by molar-refractivity contribution is 0.306. The highest BCUT2D eigenvalue weighted by molar-refractivity contribution is 5.68. The van der Waals surface area contributed by atoms with Gasteiger partial charge in [-0.3, -0.25) is 0 Å². The molecule has 0 spiro atoms. The number of ether oxygens (including phenoxy) is 3. The van der Waals surface area contributed by atoms with Gasteiger partial charge in [-0.15, -0.1) is 0 Å². The molecule has 4 rings (SSSR count). The number of nitrogens with one attached hydrogen (secondary N) is 1. The van der Waals surface area contributed by atoms with E-state index in [1.807, 2.05) is 66.7 Å². The van der Waals surface area contributed by atoms with Gasteiger partial charge in [0, 0.05) is 35.3 Å². The van der Waals surface area contributed by atoms with Crippen LogP contribution in [0.4, 0.5) is 17.3 Å². The SMILES string of the molecule is COc1ccc(Nc2nccc(-c3cc(N)cc(OCc4ccccc4)c3)n2)cc1OC. The van der Waals surface area contributed by atoms with Crippen LogP contribution in [-0.4, -0.2) is 24.2 Å². The van der Waals surface area contributed by atoms with E-state index in [-0.39, 0.29) is 0 Å². The van der Waals surface area contributed by atoms with Crippen molar-refractivity contribution in [1.82, 2.24) is 9.97 Å². The van der Waals surface area contributed by atoms with Gasteiger partial charge >= 0.3 is 0 Å². The van der Waals surface area contributed by atoms with E-state index in [1.54, 1.807) is 26.5 Å². The summed E-state index contributed by atoms with van der Waals surface area (Å²) in [6.07, 6.45) is 1.69. The Morgan fingerprint density at radius 3 is 2.47 bits per heavy atom. The number of benzene rings is 3. The number of nitrogens with zero attached hydrogens (tertiary/aromatic N) is 2. The normalized spacial score (nSPS) is 10.4. The molecule has 32 heavy (non-hydrogen) atoms. The maximum atomic E-state index is 6.12. The average molecular weight is 428 g/mol. The first-order valence-corrected chi connectivity index (χ1v) is 10.0. The van der Waals surface area contributed by atoms with E-state index in [4.69, 9.17) is 19.9 Å². The summed E-state index contributed by atoms with van der Waals surface area (Å²) in [5.41, 5.74) is 10.1. The van der Waals surface area contributed by atoms with Crippen LogP contribution in [0.1, 0.15) is 5.56 Å². The fraction of sp³-hybridized carbons (Fsp3) is 0.120. The minimum Gasteiger partial charge on any atom is -0.493 e. The lowest BCUT2D eigenvalue weighted by atomic mass is 10.1. The van der Waals surface area contributed by atoms with Crippen LogP contribution in [0.25, 0.3) is 11.3 Å². The third kappa shape index (κ3) is 5.07. The summed E-state index contributed by atoms with van der Waals surface area (Å²) >= 11 is 0. The van der Waals surface area contributed by atoms with Crippen molar-refractivity contribution in [2.24, 2.45) is 0 Å². The molecule has 7 heteroatoms. The molecule has 0 saturated heterocycles. The predicted octanol–water partition coefficient (Wildman–Crippen LogP) is 5.07. The van der Waals surface area contributed by atoms with Crippen molar-refractivity contribution in [3.8, 4) is 28.5 Å². The number of rotatable bonds is 8. The van der Waals surface area contributed by atoms with Gasteiger partial charge in [0.1, 0.15) is 12.4 Å². The van der Waals surface area contributed by atoms with Crippen molar-refractivity contribution >= 4 is 17.3 Å². The van der Waals surface area contributed by atoms with Crippen LogP contribution in [0.5, 0.6) is 17.2 Å². The lowest BCUT2D eigenvalue weighted by Gasteiger charge is -2.12. The summed E-state index contributed by atoms with van der Waals surface area (Å²) in [7, 11) is 3.19. The van der Waals surface area contributed by atoms with Crippen molar-refractivity contribution in [3.63, 3.8) is 0 Å². The molecule has 0 aliphatic carbocycles. The summed E-state index contributed by atoms with van der Waals surface area (Å²) in [4.78, 5) is 8.95. The topological polar surface area (TPSA) is 91.5 Å². The second kappa shape index (κ2) is 9.70. The third-order valence-corrected chi connectivity index (χ3v) is 4.77. The first-order valence-electron chi connectivity index (χ1n) is 10.0. The van der Waals surface area contributed by atoms with Gasteiger partial charge < -0.3 is 25.3 Å². The van der Waals surface area contributed by atoms with Crippen molar-refractivity contribution in [2.75, 3.05) is 25.3 Å². The summed E-state index contributed by atoms with van der Waals surface area (Å²) in [5, 5.41) is 3.20. The average Bonchev–Trinajstić information content (AvgIpc) is 2.83. The number of nitrogens with two attached hydrogens (primary N) is 1. The molecule has 0 atom stereocenters. The molecule has 0 amide bonds. The molecule has 3 N–H and O–H groups in total. The number of methoxy groups -OCH3 is 2. The van der Waals surface area contributed by atoms with Gasteiger partial charge in [-0.05, 0) is 35.9 Å². The van der Waals surface area contributed by atoms with Crippen molar-refractivity contribution in [1.29, 1.82) is 0 Å². The van der Waals surface area contributed by atoms with Crippen molar-refractivity contribution < 1.29 is 14.2 Å². The monoisotopic (exact) mass is 428 g/mol. The Morgan fingerprint density at radius 2 is 1.69 bits per heavy atom. The number of anilines is 3. The first-order chi connectivity index (χ1) is 15.6. The van der Waals surface area contributed by atoms with E-state index in [1.165, 1.54) is 0 Å². The zero-order chi connectivity index (χ0) is 22.3. The van der Waals surface area contributed by atoms with E-state index in [0.717, 1.165) is 22.5 Å². The molecule has 3 aromatic carbocycles. The zero-order valence-corrected chi connectivity index (χ0v) is 17.9. The highest BCUT2D eigenvalue weighted by atomic mass is 16.5.